The van der Waals surface area contributed by atoms with Crippen molar-refractivity contribution in [2.24, 2.45) is 0 Å². The van der Waals surface area contributed by atoms with Crippen LogP contribution in [0.2, 0.25) is 0 Å². The Kier molecular flexibility index (Phi) is 7.27. The standard InChI is InChI=1S/C28H28FN3O3/c1-32(2)17-19-5-4-6-22(15-19)30-27(20-10-7-18(8-11-20)9-14-25(33)35-3)26-23-13-12-21(29)16-24(23)31-28(26)34/h4-8,10-13,15-16,30H,9,14,17H2,1-3H3,(H,31,34)/b27-26-. The number of ether oxygens (including phenoxy) is 1. The van der Waals surface area contributed by atoms with E-state index in [1.165, 1.54) is 19.2 Å². The molecule has 0 bridgehead atoms. The second kappa shape index (κ2) is 10.5. The van der Waals surface area contributed by atoms with Gasteiger partial charge in [-0.3, -0.25) is 9.59 Å². The molecule has 0 saturated heterocycles. The van der Waals surface area contributed by atoms with Gasteiger partial charge in [-0.15, -0.1) is 0 Å². The molecule has 2 N–H and O–H groups in total. The third-order valence-corrected chi connectivity index (χ3v) is 5.76. The van der Waals surface area contributed by atoms with Crippen LogP contribution in [0, 0.1) is 5.82 Å². The molecule has 0 atom stereocenters. The molecular weight excluding hydrogens is 445 g/mol. The van der Waals surface area contributed by atoms with E-state index in [1.807, 2.05) is 56.6 Å². The molecule has 0 spiro atoms. The van der Waals surface area contributed by atoms with Crippen LogP contribution >= 0.6 is 0 Å². The van der Waals surface area contributed by atoms with Gasteiger partial charge >= 0.3 is 5.97 Å². The summed E-state index contributed by atoms with van der Waals surface area (Å²) in [7, 11) is 5.39. The minimum atomic E-state index is -0.411. The van der Waals surface area contributed by atoms with Gasteiger partial charge in [-0.05, 0) is 67.5 Å². The SMILES string of the molecule is COC(=O)CCc1ccc(/C(Nc2cccc(CN(C)C)c2)=C2/C(=O)Nc3cc(F)ccc32)cc1. The van der Waals surface area contributed by atoms with Gasteiger partial charge in [0, 0.05) is 24.2 Å². The minimum absolute atomic E-state index is 0.261. The summed E-state index contributed by atoms with van der Waals surface area (Å²) in [5, 5.41) is 6.23. The minimum Gasteiger partial charge on any atom is -0.469 e. The van der Waals surface area contributed by atoms with E-state index in [0.717, 1.165) is 28.9 Å². The molecule has 0 aromatic heterocycles. The Morgan fingerprint density at radius 2 is 1.80 bits per heavy atom. The quantitative estimate of drug-likeness (QED) is 0.359. The molecule has 3 aromatic carbocycles. The fourth-order valence-electron chi connectivity index (χ4n) is 4.12. The Balaban J connectivity index is 1.75. The topological polar surface area (TPSA) is 70.7 Å². The van der Waals surface area contributed by atoms with E-state index in [9.17, 15) is 14.0 Å². The van der Waals surface area contributed by atoms with Gasteiger partial charge in [0.1, 0.15) is 5.82 Å². The third-order valence-electron chi connectivity index (χ3n) is 5.76. The smallest absolute Gasteiger partial charge is 0.305 e. The summed E-state index contributed by atoms with van der Waals surface area (Å²) in [5.41, 5.74) is 5.89. The molecule has 35 heavy (non-hydrogen) atoms. The fraction of sp³-hybridized carbons (Fsp3) is 0.214. The molecule has 6 nitrogen and oxygen atoms in total. The van der Waals surface area contributed by atoms with E-state index in [2.05, 4.69) is 21.6 Å². The van der Waals surface area contributed by atoms with E-state index in [-0.39, 0.29) is 11.9 Å². The van der Waals surface area contributed by atoms with Gasteiger partial charge < -0.3 is 20.3 Å². The molecule has 0 saturated carbocycles. The Labute approximate surface area is 204 Å². The summed E-state index contributed by atoms with van der Waals surface area (Å²) in [6.07, 6.45) is 0.851. The maximum Gasteiger partial charge on any atom is 0.305 e. The number of carbonyl (C=O) groups excluding carboxylic acids is 2. The first-order chi connectivity index (χ1) is 16.8. The number of carbonyl (C=O) groups is 2. The predicted octanol–water partition coefficient (Wildman–Crippen LogP) is 4.93. The lowest BCUT2D eigenvalue weighted by Gasteiger charge is -2.17. The van der Waals surface area contributed by atoms with E-state index in [0.29, 0.717) is 35.4 Å². The Bertz CT molecular complexity index is 1280. The van der Waals surface area contributed by atoms with Crippen LogP contribution in [0.15, 0.2) is 66.7 Å². The number of halogens is 1. The molecular formula is C28H28FN3O3. The first kappa shape index (κ1) is 24.2. The number of aryl methyl sites for hydroxylation is 1. The van der Waals surface area contributed by atoms with Crippen molar-refractivity contribution in [3.63, 3.8) is 0 Å². The van der Waals surface area contributed by atoms with Crippen molar-refractivity contribution in [3.8, 4) is 0 Å². The highest BCUT2D eigenvalue weighted by molar-refractivity contribution is 6.37. The van der Waals surface area contributed by atoms with Gasteiger partial charge in [-0.2, -0.15) is 0 Å². The van der Waals surface area contributed by atoms with Crippen LogP contribution in [0.25, 0.3) is 11.3 Å². The number of rotatable bonds is 8. The summed E-state index contributed by atoms with van der Waals surface area (Å²) in [6.45, 7) is 0.777. The number of nitrogens with one attached hydrogen (secondary N) is 2. The number of nitrogens with zero attached hydrogens (tertiary/aromatic N) is 1. The molecule has 0 aliphatic carbocycles. The number of hydrogen-bond donors (Lipinski definition) is 2. The van der Waals surface area contributed by atoms with Gasteiger partial charge in [0.05, 0.1) is 24.1 Å². The zero-order valence-electron chi connectivity index (χ0n) is 20.0. The van der Waals surface area contributed by atoms with Gasteiger partial charge in [0.25, 0.3) is 5.91 Å². The summed E-state index contributed by atoms with van der Waals surface area (Å²) < 4.78 is 18.5. The number of fused-ring (bicyclic) bond motifs is 1. The number of hydrogen-bond acceptors (Lipinski definition) is 5. The van der Waals surface area contributed by atoms with Crippen LogP contribution in [0.4, 0.5) is 15.8 Å². The van der Waals surface area contributed by atoms with Crippen LogP contribution in [-0.2, 0) is 27.3 Å². The zero-order valence-corrected chi connectivity index (χ0v) is 20.0. The van der Waals surface area contributed by atoms with Crippen molar-refractivity contribution in [3.05, 3.63) is 94.8 Å². The van der Waals surface area contributed by atoms with Crippen LogP contribution in [-0.4, -0.2) is 38.0 Å². The van der Waals surface area contributed by atoms with Crippen molar-refractivity contribution in [2.45, 2.75) is 19.4 Å². The van der Waals surface area contributed by atoms with Crippen molar-refractivity contribution in [1.29, 1.82) is 0 Å². The third kappa shape index (κ3) is 5.75. The zero-order chi connectivity index (χ0) is 24.9. The van der Waals surface area contributed by atoms with Gasteiger partial charge in [-0.25, -0.2) is 4.39 Å². The van der Waals surface area contributed by atoms with Gasteiger partial charge in [-0.1, -0.05) is 36.4 Å². The molecule has 1 aliphatic rings. The fourth-order valence-corrected chi connectivity index (χ4v) is 4.12. The molecule has 0 radical (unpaired) electrons. The molecule has 7 heteroatoms. The van der Waals surface area contributed by atoms with Crippen molar-refractivity contribution >= 4 is 34.5 Å². The Morgan fingerprint density at radius 1 is 1.03 bits per heavy atom. The largest absolute Gasteiger partial charge is 0.469 e. The Morgan fingerprint density at radius 3 is 2.51 bits per heavy atom. The Hall–Kier alpha value is -3.97. The lowest BCUT2D eigenvalue weighted by atomic mass is 9.98. The molecule has 1 heterocycles. The maximum absolute atomic E-state index is 13.8. The molecule has 1 amide bonds. The lowest BCUT2D eigenvalue weighted by molar-refractivity contribution is -0.140. The van der Waals surface area contributed by atoms with E-state index >= 15 is 0 Å². The number of esters is 1. The molecule has 4 rings (SSSR count). The molecule has 1 aliphatic heterocycles. The summed E-state index contributed by atoms with van der Waals surface area (Å²) in [4.78, 5) is 26.6. The molecule has 180 valence electrons. The number of anilines is 2. The molecule has 0 fully saturated rings. The number of methoxy groups -OCH3 is 1. The second-order valence-corrected chi connectivity index (χ2v) is 8.73. The van der Waals surface area contributed by atoms with Gasteiger partial charge in [0.15, 0.2) is 0 Å². The summed E-state index contributed by atoms with van der Waals surface area (Å²) in [5.74, 6) is -0.971. The highest BCUT2D eigenvalue weighted by Gasteiger charge is 2.29. The normalized spacial score (nSPS) is 13.9. The summed E-state index contributed by atoms with van der Waals surface area (Å²) >= 11 is 0. The lowest BCUT2D eigenvalue weighted by Crippen LogP contribution is -2.12. The van der Waals surface area contributed by atoms with Gasteiger partial charge in [0.2, 0.25) is 0 Å². The van der Waals surface area contributed by atoms with Crippen molar-refractivity contribution in [1.82, 2.24) is 4.90 Å². The molecule has 0 unspecified atom stereocenters. The van der Waals surface area contributed by atoms with E-state index in [4.69, 9.17) is 4.74 Å². The monoisotopic (exact) mass is 473 g/mol. The van der Waals surface area contributed by atoms with Crippen LogP contribution in [0.1, 0.15) is 28.7 Å². The van der Waals surface area contributed by atoms with Crippen LogP contribution < -0.4 is 10.6 Å². The van der Waals surface area contributed by atoms with Crippen LogP contribution in [0.5, 0.6) is 0 Å². The average Bonchev–Trinajstić information content (AvgIpc) is 3.15. The first-order valence-corrected chi connectivity index (χ1v) is 11.4. The number of benzene rings is 3. The van der Waals surface area contributed by atoms with Crippen molar-refractivity contribution < 1.29 is 18.7 Å². The second-order valence-electron chi connectivity index (χ2n) is 8.73. The molecule has 3 aromatic rings. The number of amides is 1. The van der Waals surface area contributed by atoms with Crippen molar-refractivity contribution in [2.75, 3.05) is 31.8 Å². The maximum atomic E-state index is 13.8. The summed E-state index contributed by atoms with van der Waals surface area (Å²) in [6, 6.07) is 20.0. The van der Waals surface area contributed by atoms with E-state index in [1.54, 1.807) is 6.07 Å². The van der Waals surface area contributed by atoms with Crippen LogP contribution in [0.3, 0.4) is 0 Å². The average molecular weight is 474 g/mol. The predicted molar refractivity (Wildman–Crippen MR) is 136 cm³/mol. The van der Waals surface area contributed by atoms with E-state index < -0.39 is 5.82 Å². The highest BCUT2D eigenvalue weighted by atomic mass is 19.1. The highest BCUT2D eigenvalue weighted by Crippen LogP contribution is 2.38. The first-order valence-electron chi connectivity index (χ1n) is 11.4.